The fourth-order valence-electron chi connectivity index (χ4n) is 4.18. The van der Waals surface area contributed by atoms with Crippen molar-refractivity contribution in [3.63, 3.8) is 0 Å². The second kappa shape index (κ2) is 8.52. The molecule has 1 unspecified atom stereocenters. The second-order valence-electron chi connectivity index (χ2n) is 9.62. The van der Waals surface area contributed by atoms with Crippen LogP contribution in [0.15, 0.2) is 41.4 Å². The number of carbonyl (C=O) groups excluding carboxylic acids is 1. The topological polar surface area (TPSA) is 54.4 Å². The van der Waals surface area contributed by atoms with E-state index in [1.54, 1.807) is 25.3 Å². The zero-order chi connectivity index (χ0) is 24.8. The van der Waals surface area contributed by atoms with Gasteiger partial charge in [-0.05, 0) is 43.3 Å². The standard InChI is InChI=1S/C25H28F3N3O3/c1-15-14-30(10-11-31(15)23(32)24(2,3)4)22-18-13-17(33-5)7-9-20(18)34-21-8-6-16(25(26,27)28)12-19(21)29-22/h6-9,12-13,15H,10-11,14H2,1-5H3. The molecule has 6 nitrogen and oxygen atoms in total. The lowest BCUT2D eigenvalue weighted by molar-refractivity contribution is -0.143. The van der Waals surface area contributed by atoms with Crippen molar-refractivity contribution < 1.29 is 27.4 Å². The summed E-state index contributed by atoms with van der Waals surface area (Å²) in [6.45, 7) is 9.07. The maximum absolute atomic E-state index is 13.4. The Balaban J connectivity index is 1.77. The van der Waals surface area contributed by atoms with Crippen LogP contribution in [0, 0.1) is 5.41 Å². The number of amides is 1. The number of rotatable bonds is 1. The summed E-state index contributed by atoms with van der Waals surface area (Å²) in [6.07, 6.45) is -4.50. The number of carbonyl (C=O) groups is 1. The number of halogens is 3. The zero-order valence-electron chi connectivity index (χ0n) is 19.9. The first-order valence-electron chi connectivity index (χ1n) is 11.1. The van der Waals surface area contributed by atoms with Gasteiger partial charge in [-0.1, -0.05) is 20.8 Å². The summed E-state index contributed by atoms with van der Waals surface area (Å²) in [5, 5.41) is 0. The molecule has 4 rings (SSSR count). The lowest BCUT2D eigenvalue weighted by Gasteiger charge is -2.43. The maximum Gasteiger partial charge on any atom is 0.416 e. The SMILES string of the molecule is COc1ccc2c(c1)C(N1CCN(C(=O)C(C)(C)C)C(C)C1)=Nc1cc(C(F)(F)F)ccc1O2. The lowest BCUT2D eigenvalue weighted by atomic mass is 9.93. The highest BCUT2D eigenvalue weighted by atomic mass is 19.4. The van der Waals surface area contributed by atoms with Gasteiger partial charge in [-0.25, -0.2) is 4.99 Å². The van der Waals surface area contributed by atoms with E-state index in [1.165, 1.54) is 6.07 Å². The van der Waals surface area contributed by atoms with E-state index in [-0.39, 0.29) is 23.4 Å². The smallest absolute Gasteiger partial charge is 0.416 e. The number of benzene rings is 2. The Bertz CT molecular complexity index is 1140. The summed E-state index contributed by atoms with van der Waals surface area (Å²) < 4.78 is 51.5. The van der Waals surface area contributed by atoms with Crippen molar-refractivity contribution in [2.75, 3.05) is 26.7 Å². The molecule has 2 aromatic carbocycles. The van der Waals surface area contributed by atoms with Gasteiger partial charge in [-0.15, -0.1) is 0 Å². The zero-order valence-corrected chi connectivity index (χ0v) is 19.9. The van der Waals surface area contributed by atoms with Gasteiger partial charge in [0.25, 0.3) is 0 Å². The van der Waals surface area contributed by atoms with Crippen LogP contribution in [0.5, 0.6) is 17.2 Å². The fraction of sp³-hybridized carbons (Fsp3) is 0.440. The molecular weight excluding hydrogens is 447 g/mol. The number of nitrogens with zero attached hydrogens (tertiary/aromatic N) is 3. The summed E-state index contributed by atoms with van der Waals surface area (Å²) >= 11 is 0. The summed E-state index contributed by atoms with van der Waals surface area (Å²) in [5.41, 5.74) is -0.583. The molecule has 0 aromatic heterocycles. The highest BCUT2D eigenvalue weighted by Gasteiger charge is 2.36. The van der Waals surface area contributed by atoms with E-state index in [1.807, 2.05) is 37.5 Å². The normalized spacial score (nSPS) is 18.4. The van der Waals surface area contributed by atoms with E-state index < -0.39 is 17.2 Å². The lowest BCUT2D eigenvalue weighted by Crippen LogP contribution is -2.57. The van der Waals surface area contributed by atoms with Crippen molar-refractivity contribution in [2.24, 2.45) is 10.4 Å². The van der Waals surface area contributed by atoms with Crippen LogP contribution in [0.3, 0.4) is 0 Å². The molecule has 0 N–H and O–H groups in total. The molecule has 2 aromatic rings. The fourth-order valence-corrected chi connectivity index (χ4v) is 4.18. The van der Waals surface area contributed by atoms with E-state index in [0.29, 0.717) is 42.5 Å². The Morgan fingerprint density at radius 3 is 2.41 bits per heavy atom. The van der Waals surface area contributed by atoms with Crippen LogP contribution in [-0.2, 0) is 11.0 Å². The van der Waals surface area contributed by atoms with E-state index in [2.05, 4.69) is 4.99 Å². The van der Waals surface area contributed by atoms with E-state index in [9.17, 15) is 18.0 Å². The molecule has 1 amide bonds. The van der Waals surface area contributed by atoms with Gasteiger partial charge in [0.2, 0.25) is 5.91 Å². The molecule has 0 radical (unpaired) electrons. The number of hydrogen-bond donors (Lipinski definition) is 0. The molecule has 0 bridgehead atoms. The first kappa shape index (κ1) is 23.9. The minimum atomic E-state index is -4.50. The second-order valence-corrected chi connectivity index (χ2v) is 9.62. The number of amidine groups is 1. The molecule has 1 atom stereocenters. The third kappa shape index (κ3) is 4.56. The molecule has 34 heavy (non-hydrogen) atoms. The van der Waals surface area contributed by atoms with Gasteiger partial charge in [0.05, 0.1) is 18.2 Å². The Labute approximate surface area is 197 Å². The Morgan fingerprint density at radius 2 is 1.79 bits per heavy atom. The van der Waals surface area contributed by atoms with Crippen molar-refractivity contribution >= 4 is 17.4 Å². The van der Waals surface area contributed by atoms with Crippen LogP contribution < -0.4 is 9.47 Å². The van der Waals surface area contributed by atoms with Gasteiger partial charge >= 0.3 is 6.18 Å². The maximum atomic E-state index is 13.4. The predicted octanol–water partition coefficient (Wildman–Crippen LogP) is 5.48. The number of piperazine rings is 1. The third-order valence-corrected chi connectivity index (χ3v) is 5.99. The van der Waals surface area contributed by atoms with Crippen LogP contribution >= 0.6 is 0 Å². The Kier molecular flexibility index (Phi) is 5.99. The molecule has 2 aliphatic rings. The van der Waals surface area contributed by atoms with Gasteiger partial charge in [-0.2, -0.15) is 13.2 Å². The van der Waals surface area contributed by atoms with Crippen molar-refractivity contribution in [3.05, 3.63) is 47.5 Å². The average molecular weight is 476 g/mol. The largest absolute Gasteiger partial charge is 0.497 e. The van der Waals surface area contributed by atoms with Crippen molar-refractivity contribution in [2.45, 2.75) is 39.9 Å². The first-order valence-corrected chi connectivity index (χ1v) is 11.1. The van der Waals surface area contributed by atoms with Crippen LogP contribution in [-0.4, -0.2) is 54.3 Å². The van der Waals surface area contributed by atoms with Crippen LogP contribution in [0.1, 0.15) is 38.8 Å². The third-order valence-electron chi connectivity index (χ3n) is 5.99. The number of ether oxygens (including phenoxy) is 2. The highest BCUT2D eigenvalue weighted by molar-refractivity contribution is 6.04. The van der Waals surface area contributed by atoms with Crippen LogP contribution in [0.2, 0.25) is 0 Å². The monoisotopic (exact) mass is 475 g/mol. The van der Waals surface area contributed by atoms with E-state index >= 15 is 0 Å². The van der Waals surface area contributed by atoms with Gasteiger partial charge in [0, 0.05) is 31.1 Å². The van der Waals surface area contributed by atoms with Gasteiger partial charge in [-0.3, -0.25) is 4.79 Å². The van der Waals surface area contributed by atoms with Crippen molar-refractivity contribution in [1.82, 2.24) is 9.80 Å². The molecule has 2 aliphatic heterocycles. The molecular formula is C25H28F3N3O3. The predicted molar refractivity (Wildman–Crippen MR) is 123 cm³/mol. The highest BCUT2D eigenvalue weighted by Crippen LogP contribution is 2.42. The molecule has 9 heteroatoms. The minimum Gasteiger partial charge on any atom is -0.497 e. The number of alkyl halides is 3. The first-order chi connectivity index (χ1) is 15.9. The van der Waals surface area contributed by atoms with Crippen molar-refractivity contribution in [1.29, 1.82) is 0 Å². The average Bonchev–Trinajstić information content (AvgIpc) is 2.93. The summed E-state index contributed by atoms with van der Waals surface area (Å²) in [4.78, 5) is 21.4. The molecule has 1 fully saturated rings. The Morgan fingerprint density at radius 1 is 1.09 bits per heavy atom. The summed E-state index contributed by atoms with van der Waals surface area (Å²) in [7, 11) is 1.54. The number of hydrogen-bond acceptors (Lipinski definition) is 5. The van der Waals surface area contributed by atoms with Crippen LogP contribution in [0.25, 0.3) is 0 Å². The molecule has 0 aliphatic carbocycles. The van der Waals surface area contributed by atoms with Crippen LogP contribution in [0.4, 0.5) is 18.9 Å². The molecule has 2 heterocycles. The number of aliphatic imine (C=N–C) groups is 1. The quantitative estimate of drug-likeness (QED) is 0.548. The number of fused-ring (bicyclic) bond motifs is 2. The van der Waals surface area contributed by atoms with Gasteiger partial charge in [0.15, 0.2) is 5.75 Å². The molecule has 0 spiro atoms. The van der Waals surface area contributed by atoms with Gasteiger partial charge < -0.3 is 19.3 Å². The van der Waals surface area contributed by atoms with Crippen molar-refractivity contribution in [3.8, 4) is 17.2 Å². The molecule has 0 saturated carbocycles. The molecule has 182 valence electrons. The van der Waals surface area contributed by atoms with E-state index in [4.69, 9.17) is 9.47 Å². The molecule has 1 saturated heterocycles. The summed E-state index contributed by atoms with van der Waals surface area (Å²) in [6, 6.07) is 8.39. The number of methoxy groups -OCH3 is 1. The summed E-state index contributed by atoms with van der Waals surface area (Å²) in [5.74, 6) is 1.84. The van der Waals surface area contributed by atoms with Gasteiger partial charge in [0.1, 0.15) is 23.0 Å². The Hall–Kier alpha value is -3.23. The van der Waals surface area contributed by atoms with E-state index in [0.717, 1.165) is 12.1 Å². The minimum absolute atomic E-state index is 0.0630.